The highest BCUT2D eigenvalue weighted by Gasteiger charge is 2.43. The summed E-state index contributed by atoms with van der Waals surface area (Å²) in [7, 11) is 1.73. The van der Waals surface area contributed by atoms with Crippen LogP contribution in [0, 0.1) is 31.6 Å². The second-order valence-electron chi connectivity index (χ2n) is 9.85. The van der Waals surface area contributed by atoms with Crippen molar-refractivity contribution < 1.29 is 9.59 Å². The summed E-state index contributed by atoms with van der Waals surface area (Å²) < 4.78 is 1.54. The predicted molar refractivity (Wildman–Crippen MR) is 130 cm³/mol. The largest absolute Gasteiger partial charge is 0.339 e. The van der Waals surface area contributed by atoms with Crippen molar-refractivity contribution in [1.29, 1.82) is 0 Å². The minimum absolute atomic E-state index is 0.153. The molecule has 0 saturated heterocycles. The maximum absolute atomic E-state index is 13.5. The normalized spacial score (nSPS) is 22.4. The molecule has 8 nitrogen and oxygen atoms in total. The maximum atomic E-state index is 13.5. The molecule has 0 radical (unpaired) electrons. The number of anilines is 1. The first-order chi connectivity index (χ1) is 16.4. The molecule has 34 heavy (non-hydrogen) atoms. The van der Waals surface area contributed by atoms with Crippen LogP contribution in [0.4, 0.5) is 5.69 Å². The van der Waals surface area contributed by atoms with Gasteiger partial charge in [-0.25, -0.2) is 0 Å². The Morgan fingerprint density at radius 2 is 1.82 bits per heavy atom. The van der Waals surface area contributed by atoms with Gasteiger partial charge < -0.3 is 10.6 Å². The number of rotatable bonds is 6. The van der Waals surface area contributed by atoms with Gasteiger partial charge in [0.25, 0.3) is 5.91 Å². The van der Waals surface area contributed by atoms with Crippen molar-refractivity contribution in [3.8, 4) is 11.1 Å². The van der Waals surface area contributed by atoms with Crippen LogP contribution in [0.2, 0.25) is 0 Å². The zero-order valence-corrected chi connectivity index (χ0v) is 20.0. The molecule has 2 atom stereocenters. The first kappa shape index (κ1) is 22.4. The van der Waals surface area contributed by atoms with E-state index in [1.165, 1.54) is 17.5 Å². The first-order valence-corrected chi connectivity index (χ1v) is 12.1. The van der Waals surface area contributed by atoms with Crippen LogP contribution in [0.1, 0.15) is 54.0 Å². The molecule has 3 aliphatic rings. The van der Waals surface area contributed by atoms with E-state index in [4.69, 9.17) is 0 Å². The molecule has 3 aromatic rings. The van der Waals surface area contributed by atoms with E-state index in [0.717, 1.165) is 41.8 Å². The van der Waals surface area contributed by atoms with Crippen LogP contribution in [0.3, 0.4) is 0 Å². The molecular weight excluding hydrogens is 428 g/mol. The monoisotopic (exact) mass is 460 g/mol. The van der Waals surface area contributed by atoms with Crippen molar-refractivity contribution in [1.82, 2.24) is 25.3 Å². The minimum Gasteiger partial charge on any atom is -0.339 e. The Labute approximate surface area is 199 Å². The number of carbonyl (C=O) groups excluding carboxylic acids is 2. The van der Waals surface area contributed by atoms with Crippen molar-refractivity contribution in [2.75, 3.05) is 5.32 Å². The van der Waals surface area contributed by atoms with Crippen molar-refractivity contribution >= 4 is 17.5 Å². The zero-order valence-electron chi connectivity index (χ0n) is 20.0. The average Bonchev–Trinajstić information content (AvgIpc) is 3.43. The highest BCUT2D eigenvalue weighted by atomic mass is 16.2. The van der Waals surface area contributed by atoms with Crippen LogP contribution >= 0.6 is 0 Å². The molecule has 0 aliphatic heterocycles. The van der Waals surface area contributed by atoms with Gasteiger partial charge in [-0.2, -0.15) is 10.2 Å². The molecule has 6 rings (SSSR count). The van der Waals surface area contributed by atoms with Crippen molar-refractivity contribution in [2.45, 2.75) is 52.0 Å². The first-order valence-electron chi connectivity index (χ1n) is 12.1. The van der Waals surface area contributed by atoms with Crippen LogP contribution in [0.15, 0.2) is 36.5 Å². The summed E-state index contributed by atoms with van der Waals surface area (Å²) in [4.78, 5) is 26.6. The molecule has 8 heteroatoms. The Balaban J connectivity index is 1.36. The molecule has 1 unspecified atom stereocenters. The number of hydrogen-bond donors (Lipinski definition) is 3. The molecule has 2 heterocycles. The minimum atomic E-state index is -0.575. The number of hydrogen-bond acceptors (Lipinski definition) is 4. The van der Waals surface area contributed by atoms with Crippen LogP contribution in [-0.2, 0) is 11.8 Å². The second-order valence-corrected chi connectivity index (χ2v) is 9.85. The Bertz CT molecular complexity index is 1170. The number of fused-ring (bicyclic) bond motifs is 3. The van der Waals surface area contributed by atoms with Gasteiger partial charge in [-0.05, 0) is 74.6 Å². The lowest BCUT2D eigenvalue weighted by Crippen LogP contribution is -2.53. The molecular formula is C26H32N6O2. The third-order valence-corrected chi connectivity index (χ3v) is 7.72. The van der Waals surface area contributed by atoms with Gasteiger partial charge >= 0.3 is 0 Å². The smallest absolute Gasteiger partial charge is 0.270 e. The SMILES string of the molecule is Cc1n[nH]c(C)c1-c1ccc(NC(=O)[C@@H](NC(=O)c2ccnn2C)C2CC3CCC2CC3)cc1. The van der Waals surface area contributed by atoms with E-state index >= 15 is 0 Å². The van der Waals surface area contributed by atoms with Crippen LogP contribution < -0.4 is 10.6 Å². The third-order valence-electron chi connectivity index (χ3n) is 7.72. The number of carbonyl (C=O) groups is 2. The molecule has 2 amide bonds. The van der Waals surface area contributed by atoms with E-state index in [0.29, 0.717) is 23.2 Å². The number of benzene rings is 1. The lowest BCUT2D eigenvalue weighted by Gasteiger charge is -2.45. The molecule has 3 fully saturated rings. The van der Waals surface area contributed by atoms with E-state index in [-0.39, 0.29) is 17.7 Å². The lowest BCUT2D eigenvalue weighted by molar-refractivity contribution is -0.121. The van der Waals surface area contributed by atoms with E-state index < -0.39 is 6.04 Å². The highest BCUT2D eigenvalue weighted by molar-refractivity contribution is 6.00. The Hall–Kier alpha value is -3.42. The van der Waals surface area contributed by atoms with E-state index in [1.54, 1.807) is 19.3 Å². The van der Waals surface area contributed by atoms with Gasteiger partial charge in [0, 0.05) is 30.2 Å². The number of aryl methyl sites for hydroxylation is 3. The number of nitrogens with zero attached hydrogens (tertiary/aromatic N) is 3. The fraction of sp³-hybridized carbons (Fsp3) is 0.462. The Morgan fingerprint density at radius 3 is 2.38 bits per heavy atom. The summed E-state index contributed by atoms with van der Waals surface area (Å²) in [6, 6.07) is 8.90. The Kier molecular flexibility index (Phi) is 5.98. The molecule has 0 spiro atoms. The number of aromatic amines is 1. The average molecular weight is 461 g/mol. The molecule has 2 aromatic heterocycles. The fourth-order valence-corrected chi connectivity index (χ4v) is 5.93. The molecule has 178 valence electrons. The summed E-state index contributed by atoms with van der Waals surface area (Å²) in [5.74, 6) is 0.862. The van der Waals surface area contributed by atoms with Crippen molar-refractivity contribution in [3.05, 3.63) is 53.6 Å². The lowest BCUT2D eigenvalue weighted by atomic mass is 9.62. The Morgan fingerprint density at radius 1 is 1.09 bits per heavy atom. The van der Waals surface area contributed by atoms with E-state index in [1.807, 2.05) is 38.1 Å². The summed E-state index contributed by atoms with van der Waals surface area (Å²) in [6.45, 7) is 3.97. The van der Waals surface area contributed by atoms with Gasteiger partial charge in [-0.15, -0.1) is 0 Å². The summed E-state index contributed by atoms with van der Waals surface area (Å²) in [6.07, 6.45) is 7.33. The summed E-state index contributed by atoms with van der Waals surface area (Å²) in [5, 5.41) is 17.5. The van der Waals surface area contributed by atoms with Gasteiger partial charge in [-0.3, -0.25) is 19.4 Å². The maximum Gasteiger partial charge on any atom is 0.270 e. The third kappa shape index (κ3) is 4.24. The van der Waals surface area contributed by atoms with Crippen molar-refractivity contribution in [2.24, 2.45) is 24.8 Å². The van der Waals surface area contributed by atoms with Crippen LogP contribution in [0.5, 0.6) is 0 Å². The fourth-order valence-electron chi connectivity index (χ4n) is 5.93. The van der Waals surface area contributed by atoms with Gasteiger partial charge in [0.1, 0.15) is 11.7 Å². The zero-order chi connectivity index (χ0) is 23.8. The van der Waals surface area contributed by atoms with E-state index in [9.17, 15) is 9.59 Å². The summed E-state index contributed by atoms with van der Waals surface area (Å²) >= 11 is 0. The molecule has 2 bridgehead atoms. The number of amides is 2. The van der Waals surface area contributed by atoms with Gasteiger partial charge in [-0.1, -0.05) is 25.0 Å². The predicted octanol–water partition coefficient (Wildman–Crippen LogP) is 3.99. The topological polar surface area (TPSA) is 105 Å². The van der Waals surface area contributed by atoms with Gasteiger partial charge in [0.15, 0.2) is 0 Å². The van der Waals surface area contributed by atoms with Crippen LogP contribution in [-0.4, -0.2) is 37.8 Å². The second kappa shape index (κ2) is 9.08. The quantitative estimate of drug-likeness (QED) is 0.517. The van der Waals surface area contributed by atoms with Crippen LogP contribution in [0.25, 0.3) is 11.1 Å². The molecule has 3 N–H and O–H groups in total. The number of aromatic nitrogens is 4. The molecule has 1 aromatic carbocycles. The number of nitrogens with one attached hydrogen (secondary N) is 3. The summed E-state index contributed by atoms with van der Waals surface area (Å²) in [5.41, 5.74) is 5.26. The van der Waals surface area contributed by atoms with Gasteiger partial charge in [0.05, 0.1) is 5.69 Å². The number of H-pyrrole nitrogens is 1. The molecule has 3 aliphatic carbocycles. The molecule has 3 saturated carbocycles. The standard InChI is InChI=1S/C26H32N6O2/c1-15-23(16(2)31-30-15)19-8-10-20(11-9-19)28-26(34)24(21-14-17-4-6-18(21)7-5-17)29-25(33)22-12-13-27-32(22)3/h8-13,17-18,21,24H,4-7,14H2,1-3H3,(H,28,34)(H,29,33)(H,30,31)/t17?,18?,21?,24-/m0/s1. The highest BCUT2D eigenvalue weighted by Crippen LogP contribution is 2.46. The van der Waals surface area contributed by atoms with E-state index in [2.05, 4.69) is 25.9 Å². The van der Waals surface area contributed by atoms with Gasteiger partial charge in [0.2, 0.25) is 5.91 Å². The van der Waals surface area contributed by atoms with Crippen molar-refractivity contribution in [3.63, 3.8) is 0 Å².